The normalized spacial score (nSPS) is 27.3. The van der Waals surface area contributed by atoms with E-state index in [1.54, 1.807) is 6.20 Å². The highest BCUT2D eigenvalue weighted by atomic mass is 16.1. The second-order valence-electron chi connectivity index (χ2n) is 11.7. The molecule has 2 N–H and O–H groups in total. The molecule has 2 heterocycles. The predicted molar refractivity (Wildman–Crippen MR) is 131 cm³/mol. The fourth-order valence-corrected chi connectivity index (χ4v) is 5.71. The zero-order valence-corrected chi connectivity index (χ0v) is 20.7. The van der Waals surface area contributed by atoms with Crippen molar-refractivity contribution in [3.8, 4) is 0 Å². The van der Waals surface area contributed by atoms with Crippen LogP contribution in [0.3, 0.4) is 0 Å². The van der Waals surface area contributed by atoms with E-state index in [2.05, 4.69) is 81.5 Å². The quantitative estimate of drug-likeness (QED) is 0.592. The molecular formula is C27H40N4O. The van der Waals surface area contributed by atoms with Gasteiger partial charge in [-0.05, 0) is 69.3 Å². The Morgan fingerprint density at radius 2 is 1.84 bits per heavy atom. The van der Waals surface area contributed by atoms with Crippen molar-refractivity contribution >= 4 is 11.7 Å². The number of amides is 1. The molecule has 1 aliphatic carbocycles. The Bertz CT molecular complexity index is 946. The zero-order valence-electron chi connectivity index (χ0n) is 20.7. The molecule has 4 rings (SSSR count). The topological polar surface area (TPSA) is 59.0 Å². The molecule has 1 unspecified atom stereocenters. The summed E-state index contributed by atoms with van der Waals surface area (Å²) in [5.74, 6) is 1.55. The van der Waals surface area contributed by atoms with E-state index in [0.29, 0.717) is 11.0 Å². The highest BCUT2D eigenvalue weighted by Crippen LogP contribution is 2.43. The first kappa shape index (κ1) is 22.9. The van der Waals surface area contributed by atoms with Gasteiger partial charge in [0.05, 0.1) is 17.8 Å². The average Bonchev–Trinajstić information content (AvgIpc) is 3.19. The van der Waals surface area contributed by atoms with Crippen LogP contribution in [-0.2, 0) is 5.54 Å². The van der Waals surface area contributed by atoms with Gasteiger partial charge < -0.3 is 10.6 Å². The molecule has 5 heteroatoms. The lowest BCUT2D eigenvalue weighted by molar-refractivity contribution is 0.0772. The van der Waals surface area contributed by atoms with Crippen LogP contribution < -0.4 is 10.6 Å². The molecule has 0 bridgehead atoms. The number of fused-ring (bicyclic) bond motifs is 1. The van der Waals surface area contributed by atoms with Gasteiger partial charge in [-0.25, -0.2) is 4.68 Å². The van der Waals surface area contributed by atoms with Crippen LogP contribution in [0, 0.1) is 11.3 Å². The summed E-state index contributed by atoms with van der Waals surface area (Å²) in [5.41, 5.74) is 1.94. The molecule has 1 amide bonds. The second kappa shape index (κ2) is 8.24. The minimum absolute atomic E-state index is 0.000629. The highest BCUT2D eigenvalue weighted by molar-refractivity contribution is 5.99. The Kier molecular flexibility index (Phi) is 5.89. The molecule has 5 nitrogen and oxygen atoms in total. The van der Waals surface area contributed by atoms with Crippen molar-refractivity contribution in [1.82, 2.24) is 15.1 Å². The van der Waals surface area contributed by atoms with E-state index in [0.717, 1.165) is 37.4 Å². The second-order valence-corrected chi connectivity index (χ2v) is 11.7. The van der Waals surface area contributed by atoms with Crippen molar-refractivity contribution in [3.63, 3.8) is 0 Å². The first-order chi connectivity index (χ1) is 15.0. The Morgan fingerprint density at radius 1 is 1.19 bits per heavy atom. The Labute approximate surface area is 193 Å². The molecule has 0 spiro atoms. The predicted octanol–water partition coefficient (Wildman–Crippen LogP) is 6.29. The molecule has 2 aromatic rings. The fourth-order valence-electron chi connectivity index (χ4n) is 5.71. The molecule has 174 valence electrons. The van der Waals surface area contributed by atoms with Crippen molar-refractivity contribution in [1.29, 1.82) is 0 Å². The van der Waals surface area contributed by atoms with Crippen LogP contribution in [0.1, 0.15) is 102 Å². The van der Waals surface area contributed by atoms with Crippen LogP contribution in [-0.4, -0.2) is 21.2 Å². The largest absolute Gasteiger partial charge is 0.363 e. The van der Waals surface area contributed by atoms with Crippen molar-refractivity contribution in [2.75, 3.05) is 5.32 Å². The first-order valence-corrected chi connectivity index (χ1v) is 12.3. The summed E-state index contributed by atoms with van der Waals surface area (Å²) in [6, 6.07) is 10.6. The molecule has 32 heavy (non-hydrogen) atoms. The molecule has 1 aromatic heterocycles. The molecule has 1 aliphatic heterocycles. The van der Waals surface area contributed by atoms with E-state index in [1.807, 2.05) is 10.7 Å². The number of hydrogen-bond donors (Lipinski definition) is 2. The highest BCUT2D eigenvalue weighted by Gasteiger charge is 2.41. The third-order valence-corrected chi connectivity index (χ3v) is 8.03. The third-order valence-electron chi connectivity index (χ3n) is 8.03. The van der Waals surface area contributed by atoms with E-state index < -0.39 is 0 Å². The van der Waals surface area contributed by atoms with E-state index in [4.69, 9.17) is 0 Å². The first-order valence-electron chi connectivity index (χ1n) is 12.3. The summed E-state index contributed by atoms with van der Waals surface area (Å²) in [6.07, 6.45) is 8.07. The van der Waals surface area contributed by atoms with Gasteiger partial charge in [0.2, 0.25) is 0 Å². The Morgan fingerprint density at radius 3 is 2.44 bits per heavy atom. The summed E-state index contributed by atoms with van der Waals surface area (Å²) >= 11 is 0. The van der Waals surface area contributed by atoms with Gasteiger partial charge in [-0.3, -0.25) is 4.79 Å². The average molecular weight is 437 g/mol. The maximum Gasteiger partial charge on any atom is 0.257 e. The van der Waals surface area contributed by atoms with Crippen LogP contribution in [0.4, 0.5) is 5.82 Å². The number of carbonyl (C=O) groups excluding carboxylic acids is 1. The number of aromatic nitrogens is 2. The van der Waals surface area contributed by atoms with Gasteiger partial charge in [0.1, 0.15) is 11.4 Å². The van der Waals surface area contributed by atoms with E-state index in [-0.39, 0.29) is 23.0 Å². The van der Waals surface area contributed by atoms with E-state index in [1.165, 1.54) is 18.4 Å². The molecule has 1 fully saturated rings. The number of anilines is 1. The van der Waals surface area contributed by atoms with Crippen molar-refractivity contribution in [2.24, 2.45) is 11.3 Å². The van der Waals surface area contributed by atoms with Crippen LogP contribution in [0.5, 0.6) is 0 Å². The van der Waals surface area contributed by atoms with Gasteiger partial charge in [-0.1, -0.05) is 58.0 Å². The molecule has 1 aromatic carbocycles. The molecule has 0 saturated heterocycles. The zero-order chi connectivity index (χ0) is 23.1. The van der Waals surface area contributed by atoms with Crippen molar-refractivity contribution in [2.45, 2.75) is 97.2 Å². The maximum atomic E-state index is 13.5. The minimum atomic E-state index is -0.174. The maximum absolute atomic E-state index is 13.5. The Balaban J connectivity index is 1.55. The number of nitrogens with zero attached hydrogens (tertiary/aromatic N) is 2. The monoisotopic (exact) mass is 436 g/mol. The molecule has 1 atom stereocenters. The summed E-state index contributed by atoms with van der Waals surface area (Å²) < 4.78 is 2.00. The number of carbonyl (C=O) groups is 1. The standard InChI is InChI=1S/C27H40N4O/c1-7-27(15-13-20(14-16-27)25(2,3)4)30-24(32)21-18-28-31-23(21)29-22(17-26(31,5)6)19-11-9-8-10-12-19/h8-12,18,20,22,29H,7,13-17H2,1-6H3,(H,30,32). The van der Waals surface area contributed by atoms with Crippen molar-refractivity contribution < 1.29 is 4.79 Å². The Hall–Kier alpha value is -2.30. The van der Waals surface area contributed by atoms with Crippen LogP contribution in [0.25, 0.3) is 0 Å². The van der Waals surface area contributed by atoms with Gasteiger partial charge in [-0.2, -0.15) is 5.10 Å². The lowest BCUT2D eigenvalue weighted by atomic mass is 9.66. The van der Waals surface area contributed by atoms with Gasteiger partial charge >= 0.3 is 0 Å². The number of hydrogen-bond acceptors (Lipinski definition) is 3. The summed E-state index contributed by atoms with van der Waals surface area (Å²) in [4.78, 5) is 13.5. The SMILES string of the molecule is CCC1(NC(=O)c2cnn3c2NC(c2ccccc2)CC3(C)C)CCC(C(C)(C)C)CC1. The molecule has 2 aliphatic rings. The van der Waals surface area contributed by atoms with E-state index >= 15 is 0 Å². The smallest absolute Gasteiger partial charge is 0.257 e. The summed E-state index contributed by atoms with van der Waals surface area (Å²) in [5, 5.41) is 11.7. The van der Waals surface area contributed by atoms with Crippen LogP contribution in [0.15, 0.2) is 36.5 Å². The summed E-state index contributed by atoms with van der Waals surface area (Å²) in [7, 11) is 0. The van der Waals surface area contributed by atoms with Gasteiger partial charge in [0.25, 0.3) is 5.91 Å². The molecule has 0 radical (unpaired) electrons. The molecule has 1 saturated carbocycles. The summed E-state index contributed by atoms with van der Waals surface area (Å²) in [6.45, 7) is 13.6. The van der Waals surface area contributed by atoms with Crippen LogP contribution >= 0.6 is 0 Å². The third kappa shape index (κ3) is 4.31. The number of nitrogens with one attached hydrogen (secondary N) is 2. The van der Waals surface area contributed by atoms with Gasteiger partial charge in [-0.15, -0.1) is 0 Å². The number of benzene rings is 1. The number of rotatable bonds is 4. The lowest BCUT2D eigenvalue weighted by Gasteiger charge is -2.44. The van der Waals surface area contributed by atoms with Gasteiger partial charge in [0, 0.05) is 5.54 Å². The van der Waals surface area contributed by atoms with Crippen LogP contribution in [0.2, 0.25) is 0 Å². The lowest BCUT2D eigenvalue weighted by Crippen LogP contribution is -2.51. The van der Waals surface area contributed by atoms with Gasteiger partial charge in [0.15, 0.2) is 0 Å². The fraction of sp³-hybridized carbons (Fsp3) is 0.630. The van der Waals surface area contributed by atoms with Crippen molar-refractivity contribution in [3.05, 3.63) is 47.7 Å². The van der Waals surface area contributed by atoms with E-state index in [9.17, 15) is 4.79 Å². The molecular weight excluding hydrogens is 396 g/mol. The minimum Gasteiger partial charge on any atom is -0.363 e.